The van der Waals surface area contributed by atoms with E-state index in [4.69, 9.17) is 0 Å². The molecule has 2 nitrogen and oxygen atoms in total. The van der Waals surface area contributed by atoms with Crippen LogP contribution in [-0.4, -0.2) is 9.97 Å². The average molecular weight is 264 g/mol. The second kappa shape index (κ2) is 5.24. The Morgan fingerprint density at radius 1 is 0.684 bits per heavy atom. The number of benzene rings is 1. The van der Waals surface area contributed by atoms with Crippen molar-refractivity contribution in [3.8, 4) is 22.5 Å². The van der Waals surface area contributed by atoms with Gasteiger partial charge in [0.05, 0.1) is 11.4 Å². The van der Waals surface area contributed by atoms with Gasteiger partial charge in [0.15, 0.2) is 0 Å². The molecule has 0 bridgehead atoms. The first kappa shape index (κ1) is 11.9. The van der Waals surface area contributed by atoms with E-state index in [1.54, 1.807) is 12.4 Å². The Bertz CT molecular complexity index is 682. The van der Waals surface area contributed by atoms with Crippen LogP contribution in [-0.2, 0) is 0 Å². The number of nitrogens with zero attached hydrogens (tertiary/aromatic N) is 2. The minimum Gasteiger partial charge on any atom is -0.256 e. The Morgan fingerprint density at radius 3 is 2.00 bits per heavy atom. The quantitative estimate of drug-likeness (QED) is 0.705. The Kier molecular flexibility index (Phi) is 3.29. The first-order valence-corrected chi connectivity index (χ1v) is 6.46. The van der Waals surface area contributed by atoms with Gasteiger partial charge in [-0.2, -0.15) is 0 Å². The molecule has 0 saturated heterocycles. The van der Waals surface area contributed by atoms with Gasteiger partial charge in [-0.15, -0.1) is 12.6 Å². The molecule has 0 fully saturated rings. The lowest BCUT2D eigenvalue weighted by molar-refractivity contribution is 1.27. The summed E-state index contributed by atoms with van der Waals surface area (Å²) in [6.45, 7) is 0. The van der Waals surface area contributed by atoms with Gasteiger partial charge >= 0.3 is 0 Å². The molecule has 19 heavy (non-hydrogen) atoms. The van der Waals surface area contributed by atoms with Crippen LogP contribution in [0.25, 0.3) is 22.5 Å². The summed E-state index contributed by atoms with van der Waals surface area (Å²) in [5.74, 6) is 0. The van der Waals surface area contributed by atoms with Crippen molar-refractivity contribution in [2.75, 3.05) is 0 Å². The van der Waals surface area contributed by atoms with Gasteiger partial charge in [-0.1, -0.05) is 24.3 Å². The van der Waals surface area contributed by atoms with Crippen LogP contribution in [0, 0.1) is 0 Å². The molecular formula is C16H12N2S. The fraction of sp³-hybridized carbons (Fsp3) is 0. The predicted octanol–water partition coefficient (Wildman–Crippen LogP) is 4.10. The molecule has 0 aliphatic rings. The molecule has 0 aliphatic carbocycles. The van der Waals surface area contributed by atoms with E-state index >= 15 is 0 Å². The third kappa shape index (κ3) is 2.37. The Balaban J connectivity index is 2.25. The van der Waals surface area contributed by atoms with Crippen molar-refractivity contribution < 1.29 is 0 Å². The maximum absolute atomic E-state index is 4.56. The molecule has 3 aromatic rings. The fourth-order valence-corrected chi connectivity index (χ4v) is 2.38. The summed E-state index contributed by atoms with van der Waals surface area (Å²) in [7, 11) is 0. The zero-order valence-corrected chi connectivity index (χ0v) is 11.1. The second-order valence-electron chi connectivity index (χ2n) is 4.13. The minimum atomic E-state index is 0.904. The summed E-state index contributed by atoms with van der Waals surface area (Å²) in [6, 6.07) is 17.8. The fourth-order valence-electron chi connectivity index (χ4n) is 2.06. The van der Waals surface area contributed by atoms with Crippen molar-refractivity contribution in [1.29, 1.82) is 0 Å². The number of pyridine rings is 2. The van der Waals surface area contributed by atoms with Crippen LogP contribution in [0.4, 0.5) is 0 Å². The molecule has 3 heteroatoms. The summed E-state index contributed by atoms with van der Waals surface area (Å²) in [6.07, 6.45) is 3.58. The summed E-state index contributed by atoms with van der Waals surface area (Å²) in [4.78, 5) is 9.74. The number of hydrogen-bond acceptors (Lipinski definition) is 3. The lowest BCUT2D eigenvalue weighted by atomic mass is 10.0. The molecule has 92 valence electrons. The zero-order chi connectivity index (χ0) is 13.1. The van der Waals surface area contributed by atoms with Crippen LogP contribution in [0.15, 0.2) is 71.9 Å². The molecule has 2 heterocycles. The van der Waals surface area contributed by atoms with E-state index in [9.17, 15) is 0 Å². The first-order valence-electron chi connectivity index (χ1n) is 6.01. The Labute approximate surface area is 117 Å². The van der Waals surface area contributed by atoms with Crippen LogP contribution in [0.5, 0.6) is 0 Å². The highest BCUT2D eigenvalue weighted by Gasteiger charge is 2.11. The van der Waals surface area contributed by atoms with Crippen molar-refractivity contribution in [2.45, 2.75) is 4.90 Å². The normalized spacial score (nSPS) is 10.4. The summed E-state index contributed by atoms with van der Waals surface area (Å²) in [5, 5.41) is 0. The average Bonchev–Trinajstić information content (AvgIpc) is 2.49. The molecule has 0 aliphatic heterocycles. The van der Waals surface area contributed by atoms with Gasteiger partial charge in [0.25, 0.3) is 0 Å². The highest BCUT2D eigenvalue weighted by atomic mass is 32.1. The van der Waals surface area contributed by atoms with Gasteiger partial charge in [0.2, 0.25) is 0 Å². The van der Waals surface area contributed by atoms with E-state index in [2.05, 4.69) is 22.6 Å². The summed E-state index contributed by atoms with van der Waals surface area (Å²) < 4.78 is 0. The van der Waals surface area contributed by atoms with Gasteiger partial charge in [-0.05, 0) is 30.3 Å². The number of rotatable bonds is 2. The van der Waals surface area contributed by atoms with Gasteiger partial charge < -0.3 is 0 Å². The van der Waals surface area contributed by atoms with E-state index < -0.39 is 0 Å². The molecule has 3 rings (SSSR count). The second-order valence-corrected chi connectivity index (χ2v) is 4.61. The first-order chi connectivity index (χ1) is 9.36. The molecule has 0 saturated carbocycles. The van der Waals surface area contributed by atoms with Gasteiger partial charge in [-0.3, -0.25) is 9.97 Å². The molecular weight excluding hydrogens is 252 g/mol. The van der Waals surface area contributed by atoms with Gasteiger partial charge in [0.1, 0.15) is 0 Å². The molecule has 0 spiro atoms. The number of aromatic nitrogens is 2. The standard InChI is InChI=1S/C16H12N2S/c19-15-9-5-6-12(13-7-1-3-10-17-13)16(15)14-8-2-4-11-18-14/h1-11,19H. The van der Waals surface area contributed by atoms with Crippen LogP contribution >= 0.6 is 12.6 Å². The molecule has 0 radical (unpaired) electrons. The topological polar surface area (TPSA) is 25.8 Å². The van der Waals surface area contributed by atoms with E-state index in [-0.39, 0.29) is 0 Å². The van der Waals surface area contributed by atoms with Gasteiger partial charge in [0, 0.05) is 28.4 Å². The van der Waals surface area contributed by atoms with Crippen molar-refractivity contribution in [3.05, 3.63) is 67.0 Å². The highest BCUT2D eigenvalue weighted by Crippen LogP contribution is 2.34. The largest absolute Gasteiger partial charge is 0.256 e. The maximum Gasteiger partial charge on any atom is 0.0719 e. The van der Waals surface area contributed by atoms with Gasteiger partial charge in [-0.25, -0.2) is 0 Å². The summed E-state index contributed by atoms with van der Waals surface area (Å²) >= 11 is 4.56. The van der Waals surface area contributed by atoms with Crippen LogP contribution in [0.2, 0.25) is 0 Å². The third-order valence-corrected chi connectivity index (χ3v) is 3.28. The molecule has 0 amide bonds. The lowest BCUT2D eigenvalue weighted by Crippen LogP contribution is -1.91. The molecule has 0 N–H and O–H groups in total. The highest BCUT2D eigenvalue weighted by molar-refractivity contribution is 7.80. The van der Waals surface area contributed by atoms with Crippen molar-refractivity contribution in [1.82, 2.24) is 9.97 Å². The lowest BCUT2D eigenvalue weighted by Gasteiger charge is -2.11. The van der Waals surface area contributed by atoms with Crippen molar-refractivity contribution in [2.24, 2.45) is 0 Å². The molecule has 2 aromatic heterocycles. The maximum atomic E-state index is 4.56. The van der Waals surface area contributed by atoms with E-state index in [0.717, 1.165) is 27.4 Å². The van der Waals surface area contributed by atoms with E-state index in [0.29, 0.717) is 0 Å². The van der Waals surface area contributed by atoms with Crippen molar-refractivity contribution in [3.63, 3.8) is 0 Å². The zero-order valence-electron chi connectivity index (χ0n) is 10.2. The Hall–Kier alpha value is -2.13. The minimum absolute atomic E-state index is 0.904. The summed E-state index contributed by atoms with van der Waals surface area (Å²) in [5.41, 5.74) is 3.91. The van der Waals surface area contributed by atoms with Crippen molar-refractivity contribution >= 4 is 12.6 Å². The number of thiol groups is 1. The van der Waals surface area contributed by atoms with Crippen LogP contribution in [0.1, 0.15) is 0 Å². The van der Waals surface area contributed by atoms with E-state index in [1.807, 2.05) is 54.6 Å². The van der Waals surface area contributed by atoms with Crippen LogP contribution < -0.4 is 0 Å². The van der Waals surface area contributed by atoms with E-state index in [1.165, 1.54) is 0 Å². The monoisotopic (exact) mass is 264 g/mol. The van der Waals surface area contributed by atoms with Crippen LogP contribution in [0.3, 0.4) is 0 Å². The third-order valence-electron chi connectivity index (χ3n) is 2.90. The number of hydrogen-bond donors (Lipinski definition) is 1. The SMILES string of the molecule is Sc1cccc(-c2ccccn2)c1-c1ccccn1. The molecule has 1 aromatic carbocycles. The molecule has 0 unspecified atom stereocenters. The Morgan fingerprint density at radius 2 is 1.37 bits per heavy atom. The molecule has 0 atom stereocenters. The smallest absolute Gasteiger partial charge is 0.0719 e. The predicted molar refractivity (Wildman–Crippen MR) is 80.2 cm³/mol.